The highest BCUT2D eigenvalue weighted by atomic mass is 79.9. The lowest BCUT2D eigenvalue weighted by atomic mass is 10.1. The zero-order valence-electron chi connectivity index (χ0n) is 7.09. The average Bonchev–Trinajstić information content (AvgIpc) is 2.49. The summed E-state index contributed by atoms with van der Waals surface area (Å²) in [6.07, 6.45) is 0. The van der Waals surface area contributed by atoms with E-state index < -0.39 is 5.82 Å². The molecule has 0 spiro atoms. The van der Waals surface area contributed by atoms with E-state index in [4.69, 9.17) is 5.73 Å². The fourth-order valence-electron chi connectivity index (χ4n) is 1.18. The molecule has 1 aromatic heterocycles. The van der Waals surface area contributed by atoms with E-state index in [1.165, 1.54) is 0 Å². The normalized spacial score (nSPS) is 10.4. The Balaban J connectivity index is 2.60. The summed E-state index contributed by atoms with van der Waals surface area (Å²) in [5, 5.41) is 6.14. The van der Waals surface area contributed by atoms with Crippen molar-refractivity contribution in [2.24, 2.45) is 0 Å². The maximum Gasteiger partial charge on any atom is 0.192 e. The summed E-state index contributed by atoms with van der Waals surface area (Å²) in [5.74, 6) is -0.632. The summed E-state index contributed by atoms with van der Waals surface area (Å²) < 4.78 is 14.2. The van der Waals surface area contributed by atoms with E-state index in [0.29, 0.717) is 11.3 Å². The van der Waals surface area contributed by atoms with Crippen molar-refractivity contribution in [3.05, 3.63) is 34.6 Å². The molecule has 0 fully saturated rings. The molecule has 0 bridgehead atoms. The van der Waals surface area contributed by atoms with Gasteiger partial charge in [-0.3, -0.25) is 5.10 Å². The van der Waals surface area contributed by atoms with E-state index >= 15 is 0 Å². The molecular weight excluding hydrogens is 249 g/mol. The van der Waals surface area contributed by atoms with Crippen LogP contribution < -0.4 is 5.73 Å². The number of aromatic amines is 1. The van der Waals surface area contributed by atoms with Gasteiger partial charge in [0.25, 0.3) is 0 Å². The van der Waals surface area contributed by atoms with E-state index in [2.05, 4.69) is 26.1 Å². The summed E-state index contributed by atoms with van der Waals surface area (Å²) in [6, 6.07) is 7.27. The van der Waals surface area contributed by atoms with Crippen LogP contribution in [-0.4, -0.2) is 10.2 Å². The molecule has 0 aliphatic heterocycles. The van der Waals surface area contributed by atoms with Gasteiger partial charge in [0.1, 0.15) is 5.69 Å². The van der Waals surface area contributed by atoms with Crippen molar-refractivity contribution >= 4 is 21.7 Å². The summed E-state index contributed by atoms with van der Waals surface area (Å²) >= 11 is 3.32. The van der Waals surface area contributed by atoms with Gasteiger partial charge in [-0.15, -0.1) is 0 Å². The molecule has 0 amide bonds. The Hall–Kier alpha value is -1.36. The molecule has 0 aliphatic carbocycles. The van der Waals surface area contributed by atoms with Crippen LogP contribution in [-0.2, 0) is 0 Å². The first-order chi connectivity index (χ1) is 6.70. The second kappa shape index (κ2) is 3.42. The minimum absolute atomic E-state index is 0.115. The molecule has 0 radical (unpaired) electrons. The molecular formula is C9H7BrFN3. The van der Waals surface area contributed by atoms with Crippen molar-refractivity contribution in [1.82, 2.24) is 10.2 Å². The number of aromatic nitrogens is 2. The summed E-state index contributed by atoms with van der Waals surface area (Å²) in [5.41, 5.74) is 6.30. The third kappa shape index (κ3) is 1.39. The Morgan fingerprint density at radius 2 is 2.07 bits per heavy atom. The number of H-pyrrole nitrogens is 1. The van der Waals surface area contributed by atoms with Crippen LogP contribution in [0.3, 0.4) is 0 Å². The van der Waals surface area contributed by atoms with Crippen molar-refractivity contribution in [2.75, 3.05) is 5.73 Å². The quantitative estimate of drug-likeness (QED) is 0.823. The highest BCUT2D eigenvalue weighted by Crippen LogP contribution is 2.29. The molecule has 1 heterocycles. The highest BCUT2D eigenvalue weighted by molar-refractivity contribution is 9.10. The zero-order valence-corrected chi connectivity index (χ0v) is 8.68. The van der Waals surface area contributed by atoms with E-state index in [1.807, 2.05) is 18.2 Å². The number of nitrogens with two attached hydrogens (primary N) is 1. The van der Waals surface area contributed by atoms with E-state index in [0.717, 1.165) is 4.47 Å². The lowest BCUT2D eigenvalue weighted by Gasteiger charge is -2.00. The third-order valence-electron chi connectivity index (χ3n) is 1.88. The Kier molecular flexibility index (Phi) is 2.25. The molecule has 0 saturated carbocycles. The molecule has 2 rings (SSSR count). The van der Waals surface area contributed by atoms with Gasteiger partial charge in [-0.1, -0.05) is 34.1 Å². The largest absolute Gasteiger partial charge is 0.380 e. The number of hydrogen-bond donors (Lipinski definition) is 2. The second-order valence-corrected chi connectivity index (χ2v) is 3.63. The SMILES string of the molecule is Nc1n[nH]c(-c2ccccc2Br)c1F. The van der Waals surface area contributed by atoms with Gasteiger partial charge < -0.3 is 5.73 Å². The minimum atomic E-state index is -0.517. The zero-order chi connectivity index (χ0) is 10.1. The van der Waals surface area contributed by atoms with E-state index in [-0.39, 0.29) is 5.82 Å². The first-order valence-corrected chi connectivity index (χ1v) is 4.73. The Morgan fingerprint density at radius 3 is 2.64 bits per heavy atom. The number of benzene rings is 1. The summed E-state index contributed by atoms with van der Waals surface area (Å²) in [4.78, 5) is 0. The Bertz CT molecular complexity index is 467. The number of nitrogens with zero attached hydrogens (tertiary/aromatic N) is 1. The minimum Gasteiger partial charge on any atom is -0.380 e. The van der Waals surface area contributed by atoms with Crippen LogP contribution in [0.2, 0.25) is 0 Å². The second-order valence-electron chi connectivity index (χ2n) is 2.78. The fourth-order valence-corrected chi connectivity index (χ4v) is 1.67. The van der Waals surface area contributed by atoms with Gasteiger partial charge in [0.05, 0.1) is 0 Å². The average molecular weight is 256 g/mol. The Morgan fingerprint density at radius 1 is 1.36 bits per heavy atom. The highest BCUT2D eigenvalue weighted by Gasteiger charge is 2.13. The maximum atomic E-state index is 13.4. The monoisotopic (exact) mass is 255 g/mol. The Labute approximate surface area is 88.3 Å². The number of nitrogen functional groups attached to an aromatic ring is 1. The first-order valence-electron chi connectivity index (χ1n) is 3.94. The molecule has 14 heavy (non-hydrogen) atoms. The lowest BCUT2D eigenvalue weighted by molar-refractivity contribution is 0.636. The van der Waals surface area contributed by atoms with Crippen LogP contribution in [0.5, 0.6) is 0 Å². The van der Waals surface area contributed by atoms with Crippen LogP contribution in [0.1, 0.15) is 0 Å². The molecule has 5 heteroatoms. The standard InChI is InChI=1S/C9H7BrFN3/c10-6-4-2-1-3-5(6)8-7(11)9(12)14-13-8/h1-4H,(H3,12,13,14). The van der Waals surface area contributed by atoms with Gasteiger partial charge >= 0.3 is 0 Å². The maximum absolute atomic E-state index is 13.4. The van der Waals surface area contributed by atoms with Crippen LogP contribution in [0.25, 0.3) is 11.3 Å². The third-order valence-corrected chi connectivity index (χ3v) is 2.57. The number of halogens is 2. The molecule has 0 saturated heterocycles. The predicted molar refractivity (Wildman–Crippen MR) is 56.1 cm³/mol. The van der Waals surface area contributed by atoms with Gasteiger partial charge in [-0.2, -0.15) is 5.10 Å². The van der Waals surface area contributed by atoms with Crippen LogP contribution in [0.15, 0.2) is 28.7 Å². The van der Waals surface area contributed by atoms with Crippen LogP contribution in [0, 0.1) is 5.82 Å². The summed E-state index contributed by atoms with van der Waals surface area (Å²) in [7, 11) is 0. The molecule has 1 aromatic carbocycles. The molecule has 72 valence electrons. The van der Waals surface area contributed by atoms with Crippen molar-refractivity contribution in [3.8, 4) is 11.3 Å². The predicted octanol–water partition coefficient (Wildman–Crippen LogP) is 2.56. The van der Waals surface area contributed by atoms with Crippen molar-refractivity contribution < 1.29 is 4.39 Å². The fraction of sp³-hybridized carbons (Fsp3) is 0. The van der Waals surface area contributed by atoms with Crippen LogP contribution >= 0.6 is 15.9 Å². The lowest BCUT2D eigenvalue weighted by Crippen LogP contribution is -1.87. The van der Waals surface area contributed by atoms with Crippen LogP contribution in [0.4, 0.5) is 10.2 Å². The molecule has 0 unspecified atom stereocenters. The smallest absolute Gasteiger partial charge is 0.192 e. The van der Waals surface area contributed by atoms with Crippen molar-refractivity contribution in [1.29, 1.82) is 0 Å². The molecule has 3 N–H and O–H groups in total. The number of hydrogen-bond acceptors (Lipinski definition) is 2. The summed E-state index contributed by atoms with van der Waals surface area (Å²) in [6.45, 7) is 0. The first kappa shape index (κ1) is 9.21. The molecule has 3 nitrogen and oxygen atoms in total. The topological polar surface area (TPSA) is 54.7 Å². The molecule has 2 aromatic rings. The van der Waals surface area contributed by atoms with Gasteiger partial charge in [-0.25, -0.2) is 4.39 Å². The van der Waals surface area contributed by atoms with Crippen molar-refractivity contribution in [2.45, 2.75) is 0 Å². The van der Waals surface area contributed by atoms with Crippen molar-refractivity contribution in [3.63, 3.8) is 0 Å². The van der Waals surface area contributed by atoms with E-state index in [1.54, 1.807) is 6.07 Å². The molecule has 0 aliphatic rings. The molecule has 0 atom stereocenters. The number of rotatable bonds is 1. The van der Waals surface area contributed by atoms with Gasteiger partial charge in [0.15, 0.2) is 11.6 Å². The number of anilines is 1. The van der Waals surface area contributed by atoms with Gasteiger partial charge in [-0.05, 0) is 6.07 Å². The van der Waals surface area contributed by atoms with Gasteiger partial charge in [0, 0.05) is 10.0 Å². The van der Waals surface area contributed by atoms with Gasteiger partial charge in [0.2, 0.25) is 0 Å². The number of nitrogens with one attached hydrogen (secondary N) is 1. The van der Waals surface area contributed by atoms with E-state index in [9.17, 15) is 4.39 Å².